The van der Waals surface area contributed by atoms with Crippen molar-refractivity contribution in [1.29, 1.82) is 32.5 Å². The monoisotopic (exact) mass is 1300 g/mol. The molecule has 0 aromatic carbocycles. The van der Waals surface area contributed by atoms with Crippen LogP contribution in [0.25, 0.3) is 0 Å². The summed E-state index contributed by atoms with van der Waals surface area (Å²) in [6, 6.07) is -7.76. The standard InChI is InChI=1S/C48H92N30O13/c49-25(7-1-13-62-43(50)51)37(86)68-19-31(79)74-26(8-2-14-63-44(52)53)38(87)69-20-32(80)75-27(9-3-15-64-45(54)55)39(88)70-21-33(81)76-28(10-4-16-65-46(56)57)40(89)71-22-34(82)77-29(11-5-17-66-47(58)59)41(90)72-23-35(83)78-30(12-6-18-67-48(60)61)42(91)73-24-36(84)85/h25-30H,1-24,49H2,(H,68,86)(H,69,87)(H,70,88)(H,71,89)(H,72,90)(H,73,91)(H,74,79)(H,75,80)(H,76,81)(H,77,82)(H,78,83)(H,84,85)(H4,50,51,62)(H4,52,53,63)(H4,54,55,64)(H4,56,57,65)(H4,58,59,66)(H4,60,61,67)/t25-,26-,27-,28-,29-,30-/m0/s1. The van der Waals surface area contributed by atoms with Gasteiger partial charge in [-0.2, -0.15) is 0 Å². The Balaban J connectivity index is 6.10. The van der Waals surface area contributed by atoms with Crippen molar-refractivity contribution >= 4 is 107 Å². The number of guanidine groups is 6. The Morgan fingerprint density at radius 1 is 0.275 bits per heavy atom. The number of carboxylic acids is 1. The highest BCUT2D eigenvalue weighted by Crippen LogP contribution is 2.04. The average molecular weight is 1300 g/mol. The van der Waals surface area contributed by atoms with Gasteiger partial charge in [0.15, 0.2) is 35.8 Å². The maximum Gasteiger partial charge on any atom is 0.322 e. The second-order valence-corrected chi connectivity index (χ2v) is 19.8. The van der Waals surface area contributed by atoms with Crippen molar-refractivity contribution in [2.24, 2.45) is 40.1 Å². The van der Waals surface area contributed by atoms with Crippen LogP contribution in [0.3, 0.4) is 0 Å². The molecule has 11 amide bonds. The molecule has 0 radical (unpaired) electrons. The smallest absolute Gasteiger partial charge is 0.322 e. The Kier molecular flexibility index (Phi) is 40.9. The van der Waals surface area contributed by atoms with Gasteiger partial charge in [-0.05, 0) is 77.0 Å². The number of nitrogens with one attached hydrogen (secondary N) is 23. The zero-order chi connectivity index (χ0) is 68.8. The Labute approximate surface area is 522 Å². The predicted molar refractivity (Wildman–Crippen MR) is 328 cm³/mol. The van der Waals surface area contributed by atoms with Crippen molar-refractivity contribution in [3.8, 4) is 0 Å². The molecule has 43 nitrogen and oxygen atoms in total. The number of rotatable bonds is 47. The molecule has 0 saturated heterocycles. The van der Waals surface area contributed by atoms with Crippen molar-refractivity contribution in [3.05, 3.63) is 0 Å². The van der Waals surface area contributed by atoms with Gasteiger partial charge in [-0.3, -0.25) is 90.0 Å². The van der Waals surface area contributed by atoms with E-state index < -0.39 is 164 Å². The van der Waals surface area contributed by atoms with Crippen LogP contribution in [0.15, 0.2) is 0 Å². The first-order valence-corrected chi connectivity index (χ1v) is 28.5. The third kappa shape index (κ3) is 42.7. The summed E-state index contributed by atoms with van der Waals surface area (Å²) in [5, 5.41) is 94.4. The van der Waals surface area contributed by atoms with E-state index in [4.69, 9.17) is 77.7 Å². The van der Waals surface area contributed by atoms with Gasteiger partial charge >= 0.3 is 5.97 Å². The van der Waals surface area contributed by atoms with Crippen molar-refractivity contribution in [3.63, 3.8) is 0 Å². The highest BCUT2D eigenvalue weighted by atomic mass is 16.4. The topological polar surface area (TPSA) is 755 Å². The summed E-state index contributed by atoms with van der Waals surface area (Å²) >= 11 is 0. The predicted octanol–water partition coefficient (Wildman–Crippen LogP) is -12.9. The third-order valence-electron chi connectivity index (χ3n) is 12.1. The Hall–Kier alpha value is -10.8. The fraction of sp³-hybridized carbons (Fsp3) is 0.625. The summed E-state index contributed by atoms with van der Waals surface area (Å²) in [7, 11) is 0. The largest absolute Gasteiger partial charge is 0.480 e. The van der Waals surface area contributed by atoms with Crippen LogP contribution in [0, 0.1) is 32.5 Å². The van der Waals surface area contributed by atoms with Gasteiger partial charge in [0.25, 0.3) is 0 Å². The van der Waals surface area contributed by atoms with E-state index in [2.05, 4.69) is 90.4 Å². The summed E-state index contributed by atoms with van der Waals surface area (Å²) in [5.41, 5.74) is 37.8. The molecule has 0 bridgehead atoms. The second-order valence-electron chi connectivity index (χ2n) is 19.8. The number of carbonyl (C=O) groups is 12. The Bertz CT molecular complexity index is 2520. The van der Waals surface area contributed by atoms with Gasteiger partial charge in [0.05, 0.1) is 38.8 Å². The number of hydrogen-bond acceptors (Lipinski definition) is 19. The van der Waals surface area contributed by atoms with E-state index in [0.717, 1.165) is 0 Å². The van der Waals surface area contributed by atoms with Crippen molar-refractivity contribution in [1.82, 2.24) is 90.4 Å². The molecule has 512 valence electrons. The first-order valence-electron chi connectivity index (χ1n) is 28.5. The van der Waals surface area contributed by atoms with Gasteiger partial charge < -0.3 is 136 Å². The molecule has 0 rings (SSSR count). The minimum Gasteiger partial charge on any atom is -0.480 e. The molecule has 91 heavy (non-hydrogen) atoms. The molecule has 0 heterocycles. The molecule has 38 N–H and O–H groups in total. The van der Waals surface area contributed by atoms with E-state index in [1.165, 1.54) is 0 Å². The zero-order valence-electron chi connectivity index (χ0n) is 50.3. The Morgan fingerprint density at radius 3 is 0.637 bits per heavy atom. The number of aliphatic carboxylic acids is 1. The summed E-state index contributed by atoms with van der Waals surface area (Å²) in [4.78, 5) is 156. The highest BCUT2D eigenvalue weighted by Gasteiger charge is 2.28. The lowest BCUT2D eigenvalue weighted by atomic mass is 10.1. The number of carboxylic acid groups (broad SMARTS) is 1. The van der Waals surface area contributed by atoms with Crippen molar-refractivity contribution in [2.75, 3.05) is 78.5 Å². The quantitative estimate of drug-likeness (QED) is 0.0153. The SMILES string of the molecule is N=C(N)NCCC[C@H](NC(=O)CNC(=O)[C@H](CCCNC(=N)N)NC(=O)CNC(=O)[C@H](CCCNC(=N)N)NC(=O)CNC(=O)[C@H](CCCNC(=N)N)NC(=O)CNC(=O)[C@H](CCCNC(=N)N)NC(=O)CNC(=O)[C@@H](N)CCCNC(=N)N)C(=O)NCC(=O)O. The molecule has 0 aliphatic rings. The van der Waals surface area contributed by atoms with Gasteiger partial charge in [-0.25, -0.2) is 0 Å². The number of hydrogen-bond donors (Lipinski definition) is 31. The molecule has 43 heteroatoms. The molecule has 6 atom stereocenters. The average Bonchev–Trinajstić information content (AvgIpc) is 2.05. The molecular weight excluding hydrogens is 1200 g/mol. The third-order valence-corrected chi connectivity index (χ3v) is 12.1. The Morgan fingerprint density at radius 2 is 0.451 bits per heavy atom. The lowest BCUT2D eigenvalue weighted by molar-refractivity contribution is -0.138. The minimum atomic E-state index is -1.41. The molecule has 0 aliphatic heterocycles. The van der Waals surface area contributed by atoms with E-state index in [-0.39, 0.29) is 128 Å². The fourth-order valence-electron chi connectivity index (χ4n) is 7.64. The van der Waals surface area contributed by atoms with E-state index in [1.54, 1.807) is 0 Å². The highest BCUT2D eigenvalue weighted by molar-refractivity contribution is 5.97. The van der Waals surface area contributed by atoms with Crippen LogP contribution in [0.5, 0.6) is 0 Å². The molecular formula is C48H92N30O13. The van der Waals surface area contributed by atoms with E-state index in [1.807, 2.05) is 0 Å². The van der Waals surface area contributed by atoms with Gasteiger partial charge in [0.1, 0.15) is 36.8 Å². The van der Waals surface area contributed by atoms with Gasteiger partial charge in [-0.15, -0.1) is 0 Å². The zero-order valence-corrected chi connectivity index (χ0v) is 50.3. The molecule has 0 aromatic rings. The van der Waals surface area contributed by atoms with E-state index in [9.17, 15) is 57.5 Å². The van der Waals surface area contributed by atoms with Gasteiger partial charge in [-0.1, -0.05) is 0 Å². The van der Waals surface area contributed by atoms with Crippen LogP contribution < -0.4 is 131 Å². The molecule has 0 fully saturated rings. The van der Waals surface area contributed by atoms with Crippen LogP contribution in [-0.4, -0.2) is 227 Å². The first-order chi connectivity index (χ1) is 42.9. The van der Waals surface area contributed by atoms with Crippen molar-refractivity contribution in [2.45, 2.75) is 113 Å². The van der Waals surface area contributed by atoms with Gasteiger partial charge in [0, 0.05) is 39.3 Å². The lowest BCUT2D eigenvalue weighted by Gasteiger charge is -2.22. The van der Waals surface area contributed by atoms with E-state index >= 15 is 0 Å². The number of amides is 11. The normalized spacial score (nSPS) is 12.4. The lowest BCUT2D eigenvalue weighted by Crippen LogP contribution is -2.55. The van der Waals surface area contributed by atoms with Crippen LogP contribution in [-0.2, 0) is 57.5 Å². The number of nitrogens with two attached hydrogens (primary N) is 7. The summed E-state index contributed by atoms with van der Waals surface area (Å²) in [5.74, 6) is -13.2. The molecule has 0 saturated carbocycles. The van der Waals surface area contributed by atoms with Crippen LogP contribution in [0.2, 0.25) is 0 Å². The van der Waals surface area contributed by atoms with Crippen LogP contribution in [0.1, 0.15) is 77.0 Å². The maximum atomic E-state index is 13.6. The van der Waals surface area contributed by atoms with Crippen molar-refractivity contribution < 1.29 is 62.6 Å². The van der Waals surface area contributed by atoms with Crippen LogP contribution in [0.4, 0.5) is 0 Å². The number of carbonyl (C=O) groups excluding carboxylic acids is 11. The van der Waals surface area contributed by atoms with E-state index in [0.29, 0.717) is 6.42 Å². The maximum absolute atomic E-state index is 13.6. The summed E-state index contributed by atoms with van der Waals surface area (Å²) < 4.78 is 0. The first kappa shape index (κ1) is 80.2. The minimum absolute atomic E-state index is 0.0393. The summed E-state index contributed by atoms with van der Waals surface area (Å²) in [6.45, 7) is -3.73. The molecule has 0 unspecified atom stereocenters. The molecule has 0 aromatic heterocycles. The molecule has 0 aliphatic carbocycles. The molecule has 0 spiro atoms. The fourth-order valence-corrected chi connectivity index (χ4v) is 7.64. The van der Waals surface area contributed by atoms with Gasteiger partial charge in [0.2, 0.25) is 65.0 Å². The summed E-state index contributed by atoms with van der Waals surface area (Å²) in [6.07, 6.45) is 0.821. The second kappa shape index (κ2) is 46.4. The van der Waals surface area contributed by atoms with Crippen LogP contribution >= 0.6 is 0 Å².